The molecule has 0 aromatic heterocycles. The molecule has 1 N–H and O–H groups in total. The van der Waals surface area contributed by atoms with Gasteiger partial charge in [-0.2, -0.15) is 0 Å². The van der Waals surface area contributed by atoms with Crippen molar-refractivity contribution in [1.82, 2.24) is 0 Å². The van der Waals surface area contributed by atoms with E-state index in [-0.39, 0.29) is 5.78 Å². The summed E-state index contributed by atoms with van der Waals surface area (Å²) in [6, 6.07) is 0. The van der Waals surface area contributed by atoms with Gasteiger partial charge in [-0.05, 0) is 13.3 Å². The molecule has 0 saturated carbocycles. The first kappa shape index (κ1) is 17.6. The minimum Gasteiger partial charge on any atom is -0.386 e. The second-order valence-corrected chi connectivity index (χ2v) is 5.43. The molecular weight excluding hydrogens is 224 g/mol. The maximum absolute atomic E-state index is 11.2. The van der Waals surface area contributed by atoms with Gasteiger partial charge in [-0.15, -0.1) is 0 Å². The summed E-state index contributed by atoms with van der Waals surface area (Å²) in [6.45, 7) is 3.81. The molecule has 2 heteroatoms. The summed E-state index contributed by atoms with van der Waals surface area (Å²) in [7, 11) is 0. The maximum Gasteiger partial charge on any atom is 0.160 e. The van der Waals surface area contributed by atoms with E-state index < -0.39 is 6.10 Å². The second-order valence-electron chi connectivity index (χ2n) is 5.43. The zero-order valence-electron chi connectivity index (χ0n) is 12.4. The number of ketones is 1. The molecule has 0 heterocycles. The van der Waals surface area contributed by atoms with Gasteiger partial charge >= 0.3 is 0 Å². The van der Waals surface area contributed by atoms with E-state index in [9.17, 15) is 4.79 Å². The van der Waals surface area contributed by atoms with E-state index in [4.69, 9.17) is 5.11 Å². The van der Waals surface area contributed by atoms with Gasteiger partial charge in [0, 0.05) is 6.42 Å². The maximum atomic E-state index is 11.2. The molecule has 1 unspecified atom stereocenters. The highest BCUT2D eigenvalue weighted by molar-refractivity contribution is 5.82. The first-order valence-electron chi connectivity index (χ1n) is 7.89. The van der Waals surface area contributed by atoms with Crippen molar-refractivity contribution in [3.63, 3.8) is 0 Å². The molecule has 0 rings (SSSR count). The molecule has 0 aliphatic rings. The summed E-state index contributed by atoms with van der Waals surface area (Å²) in [5.74, 6) is -0.00840. The van der Waals surface area contributed by atoms with Crippen LogP contribution in [0.15, 0.2) is 0 Å². The number of aliphatic hydroxyl groups excluding tert-OH is 1. The van der Waals surface area contributed by atoms with Crippen LogP contribution >= 0.6 is 0 Å². The summed E-state index contributed by atoms with van der Waals surface area (Å²) in [6.07, 6.45) is 14.0. The van der Waals surface area contributed by atoms with Gasteiger partial charge in [-0.1, -0.05) is 71.1 Å². The average Bonchev–Trinajstić information content (AvgIpc) is 2.35. The van der Waals surface area contributed by atoms with E-state index in [1.54, 1.807) is 6.92 Å². The topological polar surface area (TPSA) is 37.3 Å². The minimum atomic E-state index is -0.770. The molecule has 0 aliphatic heterocycles. The van der Waals surface area contributed by atoms with Crippen LogP contribution in [0.1, 0.15) is 90.9 Å². The van der Waals surface area contributed by atoms with Gasteiger partial charge in [0.05, 0.1) is 0 Å². The Balaban J connectivity index is 3.05. The van der Waals surface area contributed by atoms with Crippen molar-refractivity contribution in [2.24, 2.45) is 0 Å². The Morgan fingerprint density at radius 2 is 1.22 bits per heavy atom. The van der Waals surface area contributed by atoms with Gasteiger partial charge in [0.1, 0.15) is 6.10 Å². The lowest BCUT2D eigenvalue weighted by atomic mass is 10.0. The van der Waals surface area contributed by atoms with Crippen molar-refractivity contribution in [2.75, 3.05) is 0 Å². The molecule has 18 heavy (non-hydrogen) atoms. The predicted molar refractivity (Wildman–Crippen MR) is 77.8 cm³/mol. The van der Waals surface area contributed by atoms with E-state index in [0.717, 1.165) is 12.8 Å². The number of unbranched alkanes of at least 4 members (excludes halogenated alkanes) is 10. The standard InChI is InChI=1S/C16H32O2/c1-3-4-5-6-7-8-9-10-11-12-13-14-16(18)15(2)17/h15,17H,3-14H2,1-2H3. The Morgan fingerprint density at radius 1 is 0.833 bits per heavy atom. The van der Waals surface area contributed by atoms with Crippen LogP contribution in [0, 0.1) is 0 Å². The van der Waals surface area contributed by atoms with Crippen molar-refractivity contribution < 1.29 is 9.90 Å². The molecule has 0 aliphatic carbocycles. The molecule has 0 bridgehead atoms. The Labute approximate surface area is 113 Å². The van der Waals surface area contributed by atoms with Crippen LogP contribution in [-0.2, 0) is 4.79 Å². The average molecular weight is 256 g/mol. The Kier molecular flexibility index (Phi) is 12.8. The van der Waals surface area contributed by atoms with Crippen LogP contribution < -0.4 is 0 Å². The molecule has 0 spiro atoms. The van der Waals surface area contributed by atoms with Crippen molar-refractivity contribution >= 4 is 5.78 Å². The number of hydrogen-bond acceptors (Lipinski definition) is 2. The molecule has 0 saturated heterocycles. The minimum absolute atomic E-state index is 0.00840. The summed E-state index contributed by atoms with van der Waals surface area (Å²) >= 11 is 0. The predicted octanol–water partition coefficient (Wildman–Crippen LogP) is 4.64. The smallest absolute Gasteiger partial charge is 0.160 e. The van der Waals surface area contributed by atoms with Crippen molar-refractivity contribution in [2.45, 2.75) is 97.0 Å². The number of rotatable bonds is 13. The van der Waals surface area contributed by atoms with Crippen LogP contribution in [0.5, 0.6) is 0 Å². The lowest BCUT2D eigenvalue weighted by Crippen LogP contribution is -2.15. The molecule has 1 atom stereocenters. The highest BCUT2D eigenvalue weighted by Gasteiger charge is 2.07. The lowest BCUT2D eigenvalue weighted by Gasteiger charge is -2.04. The Morgan fingerprint density at radius 3 is 1.61 bits per heavy atom. The van der Waals surface area contributed by atoms with Gasteiger partial charge in [-0.25, -0.2) is 0 Å². The van der Waals surface area contributed by atoms with Crippen LogP contribution in [0.2, 0.25) is 0 Å². The van der Waals surface area contributed by atoms with E-state index in [2.05, 4.69) is 6.92 Å². The summed E-state index contributed by atoms with van der Waals surface area (Å²) < 4.78 is 0. The molecule has 0 aromatic rings. The van der Waals surface area contributed by atoms with E-state index in [0.29, 0.717) is 6.42 Å². The fourth-order valence-electron chi connectivity index (χ4n) is 2.17. The first-order valence-corrected chi connectivity index (χ1v) is 7.89. The molecule has 108 valence electrons. The Hall–Kier alpha value is -0.370. The molecule has 0 amide bonds. The fraction of sp³-hybridized carbons (Fsp3) is 0.938. The number of Topliss-reactive ketones (excluding diaryl/α,β-unsaturated/α-hetero) is 1. The third-order valence-electron chi connectivity index (χ3n) is 3.49. The largest absolute Gasteiger partial charge is 0.386 e. The van der Waals surface area contributed by atoms with Crippen LogP contribution in [-0.4, -0.2) is 17.0 Å². The van der Waals surface area contributed by atoms with Gasteiger partial charge in [0.25, 0.3) is 0 Å². The molecule has 0 fully saturated rings. The fourth-order valence-corrected chi connectivity index (χ4v) is 2.17. The highest BCUT2D eigenvalue weighted by atomic mass is 16.3. The van der Waals surface area contributed by atoms with Crippen LogP contribution in [0.3, 0.4) is 0 Å². The first-order chi connectivity index (χ1) is 8.68. The normalized spacial score (nSPS) is 12.6. The van der Waals surface area contributed by atoms with E-state index >= 15 is 0 Å². The van der Waals surface area contributed by atoms with Crippen LogP contribution in [0.25, 0.3) is 0 Å². The monoisotopic (exact) mass is 256 g/mol. The van der Waals surface area contributed by atoms with Gasteiger partial charge in [0.2, 0.25) is 0 Å². The molecule has 0 aromatic carbocycles. The van der Waals surface area contributed by atoms with Gasteiger partial charge in [0.15, 0.2) is 5.78 Å². The lowest BCUT2D eigenvalue weighted by molar-refractivity contribution is -0.126. The summed E-state index contributed by atoms with van der Waals surface area (Å²) in [4.78, 5) is 11.2. The number of carbonyl (C=O) groups is 1. The number of hydrogen-bond donors (Lipinski definition) is 1. The highest BCUT2D eigenvalue weighted by Crippen LogP contribution is 2.12. The van der Waals surface area contributed by atoms with Crippen molar-refractivity contribution in [3.05, 3.63) is 0 Å². The summed E-state index contributed by atoms with van der Waals surface area (Å²) in [5, 5.41) is 9.03. The molecule has 2 nitrogen and oxygen atoms in total. The van der Waals surface area contributed by atoms with Gasteiger partial charge < -0.3 is 5.11 Å². The summed E-state index contributed by atoms with van der Waals surface area (Å²) in [5.41, 5.74) is 0. The van der Waals surface area contributed by atoms with Gasteiger partial charge in [-0.3, -0.25) is 4.79 Å². The SMILES string of the molecule is CCCCCCCCCCCCCC(=O)C(C)O. The second kappa shape index (κ2) is 13.1. The molecule has 0 radical (unpaired) electrons. The Bertz CT molecular complexity index is 188. The van der Waals surface area contributed by atoms with Crippen molar-refractivity contribution in [3.8, 4) is 0 Å². The quantitative estimate of drug-likeness (QED) is 0.487. The van der Waals surface area contributed by atoms with Crippen LogP contribution in [0.4, 0.5) is 0 Å². The number of carbonyl (C=O) groups excluding carboxylic acids is 1. The van der Waals surface area contributed by atoms with Crippen molar-refractivity contribution in [1.29, 1.82) is 0 Å². The van der Waals surface area contributed by atoms with E-state index in [1.165, 1.54) is 57.8 Å². The van der Waals surface area contributed by atoms with E-state index in [1.807, 2.05) is 0 Å². The molecular formula is C16H32O2. The third kappa shape index (κ3) is 12.1. The third-order valence-corrected chi connectivity index (χ3v) is 3.49. The zero-order valence-corrected chi connectivity index (χ0v) is 12.4. The zero-order chi connectivity index (χ0) is 13.6. The number of aliphatic hydroxyl groups is 1.